The topological polar surface area (TPSA) is 166 Å². The van der Waals surface area contributed by atoms with Crippen LogP contribution >= 0.6 is 24.4 Å². The zero-order valence-electron chi connectivity index (χ0n) is 13.7. The molecule has 0 aliphatic rings. The Hall–Kier alpha value is -1.62. The highest BCUT2D eigenvalue weighted by atomic mass is 32.2. The second kappa shape index (κ2) is 12.8. The average Bonchev–Trinajstić information content (AvgIpc) is 2.53. The number of nitrogens with one attached hydrogen (secondary N) is 2. The van der Waals surface area contributed by atoms with Crippen molar-refractivity contribution in [2.24, 2.45) is 22.2 Å². The van der Waals surface area contributed by atoms with Gasteiger partial charge in [-0.05, 0) is 31.3 Å². The van der Waals surface area contributed by atoms with E-state index in [1.54, 1.807) is 11.8 Å². The van der Waals surface area contributed by atoms with Crippen LogP contribution in [0.25, 0.3) is 0 Å². The molecule has 0 aromatic rings. The van der Waals surface area contributed by atoms with Crippen molar-refractivity contribution in [1.29, 1.82) is 0 Å². The molecule has 0 spiro atoms. The normalized spacial score (nSPS) is 12.8. The maximum Gasteiger partial charge on any atom is 0.243 e. The first-order valence-electron chi connectivity index (χ1n) is 7.36. The molecule has 24 heavy (non-hydrogen) atoms. The van der Waals surface area contributed by atoms with Crippen molar-refractivity contribution in [3.05, 3.63) is 0 Å². The quantitative estimate of drug-likeness (QED) is 0.101. The van der Waals surface area contributed by atoms with Gasteiger partial charge in [0.05, 0.1) is 5.75 Å². The van der Waals surface area contributed by atoms with E-state index >= 15 is 0 Å². The molecule has 8 N–H and O–H groups in total. The Kier molecular flexibility index (Phi) is 11.9. The van der Waals surface area contributed by atoms with E-state index in [4.69, 9.17) is 17.2 Å². The summed E-state index contributed by atoms with van der Waals surface area (Å²) in [6.45, 7) is 0.328. The Labute approximate surface area is 151 Å². The van der Waals surface area contributed by atoms with Gasteiger partial charge in [0.25, 0.3) is 0 Å². The van der Waals surface area contributed by atoms with Crippen LogP contribution in [0.5, 0.6) is 0 Å². The highest BCUT2D eigenvalue weighted by molar-refractivity contribution is 7.98. The molecule has 3 amide bonds. The standard InChI is InChI=1S/C13H26N6O3S2/c1-24-6-4-9(18-10(20)7-23)12(22)19-8(11(14)21)3-2-5-17-13(15)16/h8-9,23H,2-7H2,1H3,(H2,14,21)(H,18,20)(H,19,22)(H4,15,16,17)/t8-,9-/m0/s1. The number of rotatable bonds is 12. The van der Waals surface area contributed by atoms with Crippen molar-refractivity contribution in [3.63, 3.8) is 0 Å². The second-order valence-electron chi connectivity index (χ2n) is 4.97. The Morgan fingerprint density at radius 3 is 2.29 bits per heavy atom. The van der Waals surface area contributed by atoms with E-state index in [1.165, 1.54) is 0 Å². The zero-order chi connectivity index (χ0) is 18.5. The summed E-state index contributed by atoms with van der Waals surface area (Å²) in [6, 6.07) is -1.59. The van der Waals surface area contributed by atoms with Gasteiger partial charge >= 0.3 is 0 Å². The lowest BCUT2D eigenvalue weighted by atomic mass is 10.1. The number of hydrogen-bond acceptors (Lipinski definition) is 6. The summed E-state index contributed by atoms with van der Waals surface area (Å²) in [5.74, 6) is -0.858. The van der Waals surface area contributed by atoms with Gasteiger partial charge in [-0.25, -0.2) is 0 Å². The fraction of sp³-hybridized carbons (Fsp3) is 0.692. The van der Waals surface area contributed by atoms with Gasteiger partial charge in [-0.3, -0.25) is 19.4 Å². The van der Waals surface area contributed by atoms with Crippen LogP contribution < -0.4 is 27.8 Å². The Balaban J connectivity index is 4.69. The van der Waals surface area contributed by atoms with Crippen molar-refractivity contribution in [2.45, 2.75) is 31.3 Å². The number of carbonyl (C=O) groups is 3. The third-order valence-corrected chi connectivity index (χ3v) is 3.94. The largest absolute Gasteiger partial charge is 0.370 e. The van der Waals surface area contributed by atoms with Crippen molar-refractivity contribution < 1.29 is 14.4 Å². The minimum Gasteiger partial charge on any atom is -0.370 e. The second-order valence-corrected chi connectivity index (χ2v) is 6.27. The molecule has 0 bridgehead atoms. The fourth-order valence-corrected chi connectivity index (χ4v) is 2.37. The molecule has 11 heteroatoms. The van der Waals surface area contributed by atoms with E-state index in [2.05, 4.69) is 28.3 Å². The van der Waals surface area contributed by atoms with Gasteiger partial charge in [0, 0.05) is 6.54 Å². The number of carbonyl (C=O) groups excluding carboxylic acids is 3. The highest BCUT2D eigenvalue weighted by Crippen LogP contribution is 2.04. The summed E-state index contributed by atoms with van der Waals surface area (Å²) in [7, 11) is 0. The van der Waals surface area contributed by atoms with E-state index in [0.717, 1.165) is 0 Å². The Morgan fingerprint density at radius 2 is 1.79 bits per heavy atom. The maximum absolute atomic E-state index is 12.3. The Morgan fingerprint density at radius 1 is 1.12 bits per heavy atom. The summed E-state index contributed by atoms with van der Waals surface area (Å²) in [6.07, 6.45) is 3.11. The first-order chi connectivity index (χ1) is 11.3. The number of thioether (sulfide) groups is 1. The van der Waals surface area contributed by atoms with Crippen LogP contribution in [0.1, 0.15) is 19.3 Å². The highest BCUT2D eigenvalue weighted by Gasteiger charge is 2.24. The van der Waals surface area contributed by atoms with Crippen LogP contribution in [0.3, 0.4) is 0 Å². The number of amides is 3. The summed E-state index contributed by atoms with van der Waals surface area (Å²) in [5.41, 5.74) is 15.7. The molecule has 2 atom stereocenters. The van der Waals surface area contributed by atoms with Crippen molar-refractivity contribution in [3.8, 4) is 0 Å². The molecule has 138 valence electrons. The minimum absolute atomic E-state index is 0.0270. The molecule has 0 heterocycles. The number of primary amides is 1. The van der Waals surface area contributed by atoms with E-state index in [1.807, 2.05) is 6.26 Å². The molecule has 0 saturated heterocycles. The molecule has 0 aromatic heterocycles. The smallest absolute Gasteiger partial charge is 0.243 e. The van der Waals surface area contributed by atoms with Crippen LogP contribution in [-0.2, 0) is 14.4 Å². The molecule has 0 rings (SSSR count). The molecular formula is C13H26N6O3S2. The van der Waals surface area contributed by atoms with Gasteiger partial charge in [0.15, 0.2) is 5.96 Å². The summed E-state index contributed by atoms with van der Waals surface area (Å²) in [5, 5.41) is 5.15. The van der Waals surface area contributed by atoms with Crippen LogP contribution in [0.2, 0.25) is 0 Å². The van der Waals surface area contributed by atoms with Gasteiger partial charge < -0.3 is 27.8 Å². The maximum atomic E-state index is 12.3. The third-order valence-electron chi connectivity index (χ3n) is 3.01. The number of aliphatic imine (C=N–C) groups is 1. The predicted octanol–water partition coefficient (Wildman–Crippen LogP) is -1.82. The lowest BCUT2D eigenvalue weighted by Crippen LogP contribution is -2.53. The van der Waals surface area contributed by atoms with Crippen LogP contribution in [-0.4, -0.2) is 60.1 Å². The lowest BCUT2D eigenvalue weighted by Gasteiger charge is -2.21. The zero-order valence-corrected chi connectivity index (χ0v) is 15.4. The molecule has 0 aliphatic carbocycles. The molecule has 0 unspecified atom stereocenters. The number of nitrogens with zero attached hydrogens (tertiary/aromatic N) is 1. The first-order valence-corrected chi connectivity index (χ1v) is 9.38. The van der Waals surface area contributed by atoms with Gasteiger partial charge in [-0.15, -0.1) is 0 Å². The molecular weight excluding hydrogens is 352 g/mol. The molecule has 0 aliphatic heterocycles. The molecule has 0 saturated carbocycles. The van der Waals surface area contributed by atoms with Gasteiger partial charge in [-0.2, -0.15) is 24.4 Å². The summed E-state index contributed by atoms with van der Waals surface area (Å²) in [4.78, 5) is 39.1. The van der Waals surface area contributed by atoms with E-state index in [-0.39, 0.29) is 17.6 Å². The molecule has 0 fully saturated rings. The van der Waals surface area contributed by atoms with Gasteiger partial charge in [-0.1, -0.05) is 0 Å². The van der Waals surface area contributed by atoms with Crippen molar-refractivity contribution >= 4 is 48.1 Å². The monoisotopic (exact) mass is 378 g/mol. The SMILES string of the molecule is CSCC[C@H](NC(=O)CS)C(=O)N[C@@H](CCCN=C(N)N)C(N)=O. The summed E-state index contributed by atoms with van der Waals surface area (Å²) >= 11 is 5.42. The van der Waals surface area contributed by atoms with Crippen molar-refractivity contribution in [1.82, 2.24) is 10.6 Å². The third kappa shape index (κ3) is 10.2. The molecule has 9 nitrogen and oxygen atoms in total. The fourth-order valence-electron chi connectivity index (χ4n) is 1.81. The number of nitrogens with two attached hydrogens (primary N) is 3. The predicted molar refractivity (Wildman–Crippen MR) is 99.8 cm³/mol. The van der Waals surface area contributed by atoms with Crippen LogP contribution in [0.15, 0.2) is 4.99 Å². The first kappa shape index (κ1) is 22.4. The minimum atomic E-state index is -0.851. The van der Waals surface area contributed by atoms with Gasteiger partial charge in [0.1, 0.15) is 12.1 Å². The number of hydrogen-bond donors (Lipinski definition) is 6. The summed E-state index contributed by atoms with van der Waals surface area (Å²) < 4.78 is 0. The Bertz CT molecular complexity index is 457. The van der Waals surface area contributed by atoms with Crippen LogP contribution in [0.4, 0.5) is 0 Å². The van der Waals surface area contributed by atoms with Crippen molar-refractivity contribution in [2.75, 3.05) is 24.3 Å². The van der Waals surface area contributed by atoms with E-state index in [0.29, 0.717) is 31.6 Å². The molecule has 0 radical (unpaired) electrons. The number of thiol groups is 1. The van der Waals surface area contributed by atoms with Crippen LogP contribution in [0, 0.1) is 0 Å². The van der Waals surface area contributed by atoms with Gasteiger partial charge in [0.2, 0.25) is 17.7 Å². The number of guanidine groups is 1. The van der Waals surface area contributed by atoms with E-state index in [9.17, 15) is 14.4 Å². The van der Waals surface area contributed by atoms with E-state index < -0.39 is 23.9 Å². The average molecular weight is 379 g/mol. The lowest BCUT2D eigenvalue weighted by molar-refractivity contribution is -0.130. The molecule has 0 aromatic carbocycles.